The Kier molecular flexibility index (Phi) is 4.51. The van der Waals surface area contributed by atoms with Crippen molar-refractivity contribution in [3.8, 4) is 0 Å². The van der Waals surface area contributed by atoms with Crippen LogP contribution in [0.5, 0.6) is 0 Å². The molecule has 0 saturated carbocycles. The van der Waals surface area contributed by atoms with Crippen molar-refractivity contribution in [1.82, 2.24) is 0 Å². The van der Waals surface area contributed by atoms with E-state index in [2.05, 4.69) is 15.9 Å². The highest BCUT2D eigenvalue weighted by molar-refractivity contribution is 9.10. The smallest absolute Gasteiger partial charge is 0.199 e. The van der Waals surface area contributed by atoms with Crippen molar-refractivity contribution in [1.29, 1.82) is 0 Å². The maximum atomic E-state index is 14.0. The van der Waals surface area contributed by atoms with E-state index in [1.165, 1.54) is 24.3 Å². The Morgan fingerprint density at radius 3 is 2.21 bits per heavy atom. The first kappa shape index (κ1) is 14.8. The van der Waals surface area contributed by atoms with Gasteiger partial charge in [-0.05, 0) is 40.2 Å². The second-order valence-corrected chi connectivity index (χ2v) is 5.70. The average molecular weight is 382 g/mol. The summed E-state index contributed by atoms with van der Waals surface area (Å²) < 4.78 is 14.4. The molecule has 0 unspecified atom stereocenters. The molecule has 0 aliphatic carbocycles. The van der Waals surface area contributed by atoms with Gasteiger partial charge in [-0.3, -0.25) is 4.79 Å². The van der Waals surface area contributed by atoms with Crippen molar-refractivity contribution in [2.24, 2.45) is 0 Å². The van der Waals surface area contributed by atoms with Gasteiger partial charge in [-0.25, -0.2) is 4.39 Å². The zero-order chi connectivity index (χ0) is 14.2. The summed E-state index contributed by atoms with van der Waals surface area (Å²) in [5.74, 6) is -1.42. The Morgan fingerprint density at radius 1 is 1.05 bits per heavy atom. The van der Waals surface area contributed by atoms with Gasteiger partial charge >= 0.3 is 0 Å². The molecule has 1 nitrogen and oxygen atoms in total. The van der Waals surface area contributed by atoms with Crippen LogP contribution in [0.3, 0.4) is 0 Å². The fourth-order valence-corrected chi connectivity index (χ4v) is 2.59. The molecule has 0 spiro atoms. The lowest BCUT2D eigenvalue weighted by Crippen LogP contribution is -2.06. The van der Waals surface area contributed by atoms with Crippen LogP contribution < -0.4 is 0 Å². The number of benzene rings is 2. The Hall–Kier alpha value is -0.610. The number of ketones is 1. The third-order valence-electron chi connectivity index (χ3n) is 2.47. The van der Waals surface area contributed by atoms with Crippen molar-refractivity contribution in [3.05, 3.63) is 66.8 Å². The molecule has 0 aliphatic rings. The summed E-state index contributed by atoms with van der Waals surface area (Å²) in [4.78, 5) is 12.3. The molecule has 0 aliphatic heterocycles. The molecule has 0 saturated heterocycles. The van der Waals surface area contributed by atoms with Crippen LogP contribution in [-0.4, -0.2) is 5.78 Å². The highest BCUT2D eigenvalue weighted by Crippen LogP contribution is 2.32. The highest BCUT2D eigenvalue weighted by atomic mass is 79.9. The molecule has 6 heteroatoms. The second kappa shape index (κ2) is 5.80. The summed E-state index contributed by atoms with van der Waals surface area (Å²) in [5, 5.41) is 0.168. The summed E-state index contributed by atoms with van der Waals surface area (Å²) in [6, 6.07) is 7.45. The van der Waals surface area contributed by atoms with Gasteiger partial charge in [0.25, 0.3) is 0 Å². The molecule has 0 heterocycles. The minimum Gasteiger partial charge on any atom is -0.288 e. The first-order chi connectivity index (χ1) is 8.93. The minimum absolute atomic E-state index is 0.0584. The summed E-state index contributed by atoms with van der Waals surface area (Å²) in [6.07, 6.45) is 0. The normalized spacial score (nSPS) is 10.6. The number of carbonyl (C=O) groups excluding carboxylic acids is 1. The number of hydrogen-bond acceptors (Lipinski definition) is 1. The molecular weight excluding hydrogens is 377 g/mol. The zero-order valence-electron chi connectivity index (χ0n) is 9.18. The van der Waals surface area contributed by atoms with Gasteiger partial charge in [0, 0.05) is 4.47 Å². The summed E-state index contributed by atoms with van der Waals surface area (Å²) in [7, 11) is 0. The number of halogens is 5. The SMILES string of the molecule is O=C(c1ccc(Br)c(Cl)c1F)c1c(Cl)cccc1Cl. The van der Waals surface area contributed by atoms with Crippen molar-refractivity contribution in [2.45, 2.75) is 0 Å². The maximum absolute atomic E-state index is 14.0. The molecule has 0 N–H and O–H groups in total. The van der Waals surface area contributed by atoms with E-state index in [-0.39, 0.29) is 26.2 Å². The predicted octanol–water partition coefficient (Wildman–Crippen LogP) is 5.78. The Morgan fingerprint density at radius 2 is 1.63 bits per heavy atom. The summed E-state index contributed by atoms with van der Waals surface area (Å²) in [5.41, 5.74) is -0.119. The van der Waals surface area contributed by atoms with E-state index in [4.69, 9.17) is 34.8 Å². The van der Waals surface area contributed by atoms with E-state index in [9.17, 15) is 9.18 Å². The molecule has 98 valence electrons. The lowest BCUT2D eigenvalue weighted by Gasteiger charge is -2.08. The molecule has 0 radical (unpaired) electrons. The van der Waals surface area contributed by atoms with Gasteiger partial charge in [0.05, 0.1) is 26.2 Å². The molecule has 2 aromatic rings. The third kappa shape index (κ3) is 2.79. The Labute approximate surface area is 132 Å². The molecule has 2 rings (SSSR count). The monoisotopic (exact) mass is 380 g/mol. The van der Waals surface area contributed by atoms with Gasteiger partial charge in [-0.15, -0.1) is 0 Å². The van der Waals surface area contributed by atoms with Crippen LogP contribution in [0.2, 0.25) is 15.1 Å². The third-order valence-corrected chi connectivity index (χ3v) is 4.36. The molecule has 0 fully saturated rings. The van der Waals surface area contributed by atoms with Crippen LogP contribution in [-0.2, 0) is 0 Å². The fraction of sp³-hybridized carbons (Fsp3) is 0. The van der Waals surface area contributed by atoms with Gasteiger partial charge in [0.2, 0.25) is 0 Å². The Balaban J connectivity index is 2.60. The Bertz CT molecular complexity index is 653. The lowest BCUT2D eigenvalue weighted by molar-refractivity contribution is 0.103. The van der Waals surface area contributed by atoms with Gasteiger partial charge in [0.1, 0.15) is 0 Å². The van der Waals surface area contributed by atoms with Crippen LogP contribution in [0.15, 0.2) is 34.8 Å². The summed E-state index contributed by atoms with van der Waals surface area (Å²) >= 11 is 20.7. The van der Waals surface area contributed by atoms with E-state index in [1.54, 1.807) is 6.07 Å². The highest BCUT2D eigenvalue weighted by Gasteiger charge is 2.22. The minimum atomic E-state index is -0.808. The van der Waals surface area contributed by atoms with Crippen LogP contribution in [0.4, 0.5) is 4.39 Å². The van der Waals surface area contributed by atoms with Gasteiger partial charge in [0.15, 0.2) is 11.6 Å². The van der Waals surface area contributed by atoms with E-state index in [0.29, 0.717) is 4.47 Å². The van der Waals surface area contributed by atoms with Crippen LogP contribution in [0, 0.1) is 5.82 Å². The standard InChI is InChI=1S/C13H5BrCl3FO/c14-7-5-4-6(12(18)11(7)17)13(19)10-8(15)2-1-3-9(10)16/h1-5H. The first-order valence-electron chi connectivity index (χ1n) is 5.05. The topological polar surface area (TPSA) is 17.1 Å². The molecule has 0 amide bonds. The van der Waals surface area contributed by atoms with E-state index in [1.807, 2.05) is 0 Å². The number of carbonyl (C=O) groups is 1. The largest absolute Gasteiger partial charge is 0.288 e. The zero-order valence-corrected chi connectivity index (χ0v) is 13.0. The molecule has 0 atom stereocenters. The first-order valence-corrected chi connectivity index (χ1v) is 6.98. The maximum Gasteiger partial charge on any atom is 0.199 e. The number of hydrogen-bond donors (Lipinski definition) is 0. The average Bonchev–Trinajstić information content (AvgIpc) is 2.35. The van der Waals surface area contributed by atoms with Crippen molar-refractivity contribution in [3.63, 3.8) is 0 Å². The van der Waals surface area contributed by atoms with Gasteiger partial charge < -0.3 is 0 Å². The quantitative estimate of drug-likeness (QED) is 0.475. The van der Waals surface area contributed by atoms with E-state index in [0.717, 1.165) is 0 Å². The van der Waals surface area contributed by atoms with Crippen LogP contribution in [0.25, 0.3) is 0 Å². The van der Waals surface area contributed by atoms with Crippen LogP contribution >= 0.6 is 50.7 Å². The van der Waals surface area contributed by atoms with Crippen molar-refractivity contribution < 1.29 is 9.18 Å². The molecular formula is C13H5BrCl3FO. The molecule has 2 aromatic carbocycles. The second-order valence-electron chi connectivity index (χ2n) is 3.65. The van der Waals surface area contributed by atoms with Crippen molar-refractivity contribution in [2.75, 3.05) is 0 Å². The van der Waals surface area contributed by atoms with Gasteiger partial charge in [-0.1, -0.05) is 40.9 Å². The van der Waals surface area contributed by atoms with Crippen molar-refractivity contribution >= 4 is 56.5 Å². The van der Waals surface area contributed by atoms with E-state index < -0.39 is 11.6 Å². The van der Waals surface area contributed by atoms with E-state index >= 15 is 0 Å². The lowest BCUT2D eigenvalue weighted by atomic mass is 10.0. The molecule has 0 bridgehead atoms. The molecule has 19 heavy (non-hydrogen) atoms. The fourth-order valence-electron chi connectivity index (χ4n) is 1.55. The van der Waals surface area contributed by atoms with Gasteiger partial charge in [-0.2, -0.15) is 0 Å². The number of rotatable bonds is 2. The summed E-state index contributed by atoms with van der Waals surface area (Å²) in [6.45, 7) is 0. The van der Waals surface area contributed by atoms with Crippen LogP contribution in [0.1, 0.15) is 15.9 Å². The predicted molar refractivity (Wildman–Crippen MR) is 79.0 cm³/mol. The molecule has 0 aromatic heterocycles.